The second-order valence-electron chi connectivity index (χ2n) is 8.55. The Morgan fingerprint density at radius 2 is 1.62 bits per heavy atom. The number of sulfonamides is 1. The summed E-state index contributed by atoms with van der Waals surface area (Å²) in [4.78, 5) is 18.0. The van der Waals surface area contributed by atoms with Crippen molar-refractivity contribution in [2.24, 2.45) is 5.92 Å². The van der Waals surface area contributed by atoms with E-state index in [1.165, 1.54) is 4.31 Å². The van der Waals surface area contributed by atoms with Crippen LogP contribution >= 0.6 is 0 Å². The van der Waals surface area contributed by atoms with Crippen LogP contribution in [0.2, 0.25) is 0 Å². The van der Waals surface area contributed by atoms with Crippen molar-refractivity contribution >= 4 is 26.8 Å². The number of hydrogen-bond donors (Lipinski definition) is 1. The number of nitrogens with zero attached hydrogens (tertiary/aromatic N) is 2. The lowest BCUT2D eigenvalue weighted by Gasteiger charge is -2.32. The van der Waals surface area contributed by atoms with Gasteiger partial charge in [0.05, 0.1) is 22.5 Å². The number of benzene rings is 2. The zero-order valence-electron chi connectivity index (χ0n) is 18.4. The molecule has 1 aliphatic heterocycles. The molecule has 1 unspecified atom stereocenters. The fraction of sp³-hybridized carbons (Fsp3) is 0.360. The smallest absolute Gasteiger partial charge is 0.224 e. The maximum absolute atomic E-state index is 13.2. The maximum Gasteiger partial charge on any atom is 0.224 e. The van der Waals surface area contributed by atoms with Gasteiger partial charge in [-0.25, -0.2) is 12.7 Å². The number of hydrogen-bond acceptors (Lipinski definition) is 4. The minimum absolute atomic E-state index is 0.0598. The molecule has 1 fully saturated rings. The Labute approximate surface area is 189 Å². The van der Waals surface area contributed by atoms with Crippen LogP contribution in [0.15, 0.2) is 66.7 Å². The van der Waals surface area contributed by atoms with Crippen LogP contribution in [0.25, 0.3) is 10.9 Å². The quantitative estimate of drug-likeness (QED) is 0.617. The first kappa shape index (κ1) is 22.4. The van der Waals surface area contributed by atoms with Crippen molar-refractivity contribution in [1.29, 1.82) is 0 Å². The predicted molar refractivity (Wildman–Crippen MR) is 127 cm³/mol. The van der Waals surface area contributed by atoms with Crippen LogP contribution in [0.4, 0.5) is 0 Å². The molecule has 1 aromatic heterocycles. The lowest BCUT2D eigenvalue weighted by atomic mass is 9.95. The minimum atomic E-state index is -3.29. The molecule has 0 saturated carbocycles. The molecule has 168 valence electrons. The molecule has 1 saturated heterocycles. The van der Waals surface area contributed by atoms with Gasteiger partial charge in [-0.05, 0) is 44.4 Å². The molecular weight excluding hydrogens is 422 g/mol. The van der Waals surface area contributed by atoms with Gasteiger partial charge < -0.3 is 5.32 Å². The zero-order valence-corrected chi connectivity index (χ0v) is 19.3. The van der Waals surface area contributed by atoms with Crippen LogP contribution in [-0.2, 0) is 14.8 Å². The molecule has 3 aromatic rings. The number of rotatable bonds is 6. The van der Waals surface area contributed by atoms with E-state index in [0.717, 1.165) is 22.2 Å². The summed E-state index contributed by atoms with van der Waals surface area (Å²) in [6.45, 7) is 4.13. The van der Waals surface area contributed by atoms with Crippen molar-refractivity contribution in [2.45, 2.75) is 38.0 Å². The average Bonchev–Trinajstić information content (AvgIpc) is 2.82. The molecule has 0 aliphatic carbocycles. The Bertz CT molecular complexity index is 1190. The molecule has 2 heterocycles. The third kappa shape index (κ3) is 4.69. The van der Waals surface area contributed by atoms with Gasteiger partial charge in [0.15, 0.2) is 0 Å². The number of amides is 1. The van der Waals surface area contributed by atoms with Crippen molar-refractivity contribution in [1.82, 2.24) is 14.6 Å². The Morgan fingerprint density at radius 3 is 2.31 bits per heavy atom. The van der Waals surface area contributed by atoms with Crippen LogP contribution in [0.1, 0.15) is 44.0 Å². The summed E-state index contributed by atoms with van der Waals surface area (Å²) in [6.07, 6.45) is 1.04. The van der Waals surface area contributed by atoms with Crippen LogP contribution in [-0.4, -0.2) is 42.0 Å². The first-order valence-electron chi connectivity index (χ1n) is 11.1. The normalized spacial score (nSPS) is 16.8. The lowest BCUT2D eigenvalue weighted by molar-refractivity contribution is -0.126. The maximum atomic E-state index is 13.2. The molecule has 0 radical (unpaired) electrons. The van der Waals surface area contributed by atoms with E-state index in [1.54, 1.807) is 13.8 Å². The van der Waals surface area contributed by atoms with E-state index in [-0.39, 0.29) is 17.9 Å². The van der Waals surface area contributed by atoms with Gasteiger partial charge in [-0.1, -0.05) is 54.6 Å². The highest BCUT2D eigenvalue weighted by molar-refractivity contribution is 7.89. The number of aromatic nitrogens is 1. The number of para-hydroxylation sites is 1. The van der Waals surface area contributed by atoms with E-state index in [4.69, 9.17) is 4.98 Å². The van der Waals surface area contributed by atoms with E-state index in [9.17, 15) is 13.2 Å². The van der Waals surface area contributed by atoms with Crippen LogP contribution in [0, 0.1) is 5.92 Å². The molecule has 2 aromatic carbocycles. The first-order valence-corrected chi connectivity index (χ1v) is 12.6. The van der Waals surface area contributed by atoms with Crippen molar-refractivity contribution in [3.05, 3.63) is 78.0 Å². The van der Waals surface area contributed by atoms with Gasteiger partial charge in [0.25, 0.3) is 0 Å². The molecule has 7 heteroatoms. The fourth-order valence-corrected chi connectivity index (χ4v) is 5.46. The van der Waals surface area contributed by atoms with E-state index in [1.807, 2.05) is 66.7 Å². The highest BCUT2D eigenvalue weighted by Gasteiger charge is 2.33. The monoisotopic (exact) mass is 451 g/mol. The highest BCUT2D eigenvalue weighted by atomic mass is 32.2. The summed E-state index contributed by atoms with van der Waals surface area (Å²) in [6, 6.07) is 21.3. The van der Waals surface area contributed by atoms with Crippen LogP contribution in [0.5, 0.6) is 0 Å². The van der Waals surface area contributed by atoms with Crippen molar-refractivity contribution in [3.8, 4) is 0 Å². The van der Waals surface area contributed by atoms with Gasteiger partial charge in [-0.15, -0.1) is 0 Å². The average molecular weight is 452 g/mol. The number of carbonyl (C=O) groups is 1. The molecule has 4 rings (SSSR count). The van der Waals surface area contributed by atoms with E-state index >= 15 is 0 Å². The van der Waals surface area contributed by atoms with Crippen molar-refractivity contribution < 1.29 is 13.2 Å². The molecule has 0 spiro atoms. The third-order valence-corrected chi connectivity index (χ3v) is 8.39. The number of carbonyl (C=O) groups excluding carboxylic acids is 1. The molecule has 1 atom stereocenters. The third-order valence-electron chi connectivity index (χ3n) is 6.12. The Morgan fingerprint density at radius 1 is 0.969 bits per heavy atom. The van der Waals surface area contributed by atoms with Crippen LogP contribution < -0.4 is 5.32 Å². The second-order valence-corrected chi connectivity index (χ2v) is 11.0. The molecule has 6 nitrogen and oxygen atoms in total. The van der Waals surface area contributed by atoms with Gasteiger partial charge >= 0.3 is 0 Å². The molecule has 1 aliphatic rings. The standard InChI is InChI=1S/C25H29N3O3S/c1-18(2)32(30,31)28-16-14-21(15-17-28)25(29)27-24(20-9-4-3-5-10-20)23-13-12-19-8-6-7-11-22(19)26-23/h3-13,18,21,24H,14-17H2,1-2H3,(H,27,29). The Hall–Kier alpha value is -2.77. The number of piperidine rings is 1. The summed E-state index contributed by atoms with van der Waals surface area (Å²) in [7, 11) is -3.29. The van der Waals surface area contributed by atoms with Gasteiger partial charge in [-0.3, -0.25) is 9.78 Å². The van der Waals surface area contributed by atoms with Gasteiger partial charge in [0.2, 0.25) is 15.9 Å². The minimum Gasteiger partial charge on any atom is -0.343 e. The van der Waals surface area contributed by atoms with E-state index in [2.05, 4.69) is 5.32 Å². The van der Waals surface area contributed by atoms with Crippen molar-refractivity contribution in [2.75, 3.05) is 13.1 Å². The highest BCUT2D eigenvalue weighted by Crippen LogP contribution is 2.26. The SMILES string of the molecule is CC(C)S(=O)(=O)N1CCC(C(=O)NC(c2ccccc2)c2ccc3ccccc3n2)CC1. The topological polar surface area (TPSA) is 79.4 Å². The van der Waals surface area contributed by atoms with Gasteiger partial charge in [0.1, 0.15) is 0 Å². The fourth-order valence-electron chi connectivity index (χ4n) is 4.15. The van der Waals surface area contributed by atoms with E-state index in [0.29, 0.717) is 25.9 Å². The van der Waals surface area contributed by atoms with Crippen molar-refractivity contribution in [3.63, 3.8) is 0 Å². The summed E-state index contributed by atoms with van der Waals surface area (Å²) in [5.41, 5.74) is 2.62. The Kier molecular flexibility index (Phi) is 6.58. The number of nitrogens with one attached hydrogen (secondary N) is 1. The molecular formula is C25H29N3O3S. The lowest BCUT2D eigenvalue weighted by Crippen LogP contribution is -2.45. The predicted octanol–water partition coefficient (Wildman–Crippen LogP) is 3.89. The first-order chi connectivity index (χ1) is 15.4. The number of pyridine rings is 1. The Balaban J connectivity index is 1.54. The summed E-state index contributed by atoms with van der Waals surface area (Å²) < 4.78 is 26.4. The summed E-state index contributed by atoms with van der Waals surface area (Å²) in [5.74, 6) is -0.282. The summed E-state index contributed by atoms with van der Waals surface area (Å²) in [5, 5.41) is 3.79. The molecule has 0 bridgehead atoms. The zero-order chi connectivity index (χ0) is 22.7. The molecule has 32 heavy (non-hydrogen) atoms. The van der Waals surface area contributed by atoms with Gasteiger partial charge in [-0.2, -0.15) is 0 Å². The molecule has 1 N–H and O–H groups in total. The van der Waals surface area contributed by atoms with Crippen LogP contribution in [0.3, 0.4) is 0 Å². The number of fused-ring (bicyclic) bond motifs is 1. The van der Waals surface area contributed by atoms with E-state index < -0.39 is 15.3 Å². The summed E-state index contributed by atoms with van der Waals surface area (Å²) >= 11 is 0. The molecule has 1 amide bonds. The van der Waals surface area contributed by atoms with Gasteiger partial charge in [0, 0.05) is 24.4 Å². The second kappa shape index (κ2) is 9.38. The largest absolute Gasteiger partial charge is 0.343 e.